The predicted octanol–water partition coefficient (Wildman–Crippen LogP) is 16.9. The standard InChI is InChI=1S/C91H163NO18/c1-3-5-7-9-11-13-15-17-19-21-23-25-27-29-31-32-33-34-35-36-37-38-39-40-41-42-43-45-47-49-51-53-55-57-59-61-63-65-67-69-79(97)92-74(75(96)68-66-64-62-60-58-56-54-52-50-48-46-44-30-28-26-24-22-20-18-16-14-12-10-8-6-4-2)73-105-89-85(103)82(100)87(77(71-94)107-89)110-91-86(104)83(101)88(78(72-95)108-91)109-90-84(102)81(99)80(98)76(70-93)106-90/h5,7,11,13,17,19,23,25,50,52,58,60,66,68,74-78,80-91,93-96,98-104H,3-4,6,8-10,12,14-16,18,20-22,24,26-49,51,53-57,59,61-65,67,69-73H2,1-2H3,(H,92,97)/b7-5-,13-11-,19-17-,25-23-,52-50+,60-58+,68-66+. The second-order valence-electron chi connectivity index (χ2n) is 31.7. The third kappa shape index (κ3) is 48.5. The van der Waals surface area contributed by atoms with Crippen LogP contribution in [-0.2, 0) is 33.2 Å². The largest absolute Gasteiger partial charge is 0.394 e. The second-order valence-corrected chi connectivity index (χ2v) is 31.7. The van der Waals surface area contributed by atoms with Gasteiger partial charge in [0.15, 0.2) is 18.9 Å². The molecule has 3 fully saturated rings. The number of ether oxygens (including phenoxy) is 6. The molecule has 0 aromatic rings. The maximum Gasteiger partial charge on any atom is 0.220 e. The number of carbonyl (C=O) groups excluding carboxylic acids is 1. The summed E-state index contributed by atoms with van der Waals surface area (Å²) in [6.45, 7) is 1.64. The number of hydrogen-bond acceptors (Lipinski definition) is 18. The molecule has 0 bridgehead atoms. The summed E-state index contributed by atoms with van der Waals surface area (Å²) in [4.78, 5) is 13.5. The Balaban J connectivity index is 1.32. The molecule has 0 spiro atoms. The minimum absolute atomic E-state index is 0.233. The Kier molecular flexibility index (Phi) is 64.6. The van der Waals surface area contributed by atoms with E-state index >= 15 is 0 Å². The molecule has 640 valence electrons. The fraction of sp³-hybridized carbons (Fsp3) is 0.835. The van der Waals surface area contributed by atoms with Gasteiger partial charge in [-0.3, -0.25) is 4.79 Å². The highest BCUT2D eigenvalue weighted by atomic mass is 16.8. The molecule has 3 aliphatic rings. The molecule has 0 radical (unpaired) electrons. The quantitative estimate of drug-likeness (QED) is 0.0199. The van der Waals surface area contributed by atoms with Crippen molar-refractivity contribution in [3.8, 4) is 0 Å². The van der Waals surface area contributed by atoms with Gasteiger partial charge in [0.1, 0.15) is 73.2 Å². The Morgan fingerprint density at radius 1 is 0.336 bits per heavy atom. The lowest BCUT2D eigenvalue weighted by Crippen LogP contribution is -2.66. The molecule has 17 atom stereocenters. The zero-order valence-electron chi connectivity index (χ0n) is 69.0. The maximum absolute atomic E-state index is 13.5. The first kappa shape index (κ1) is 101. The minimum atomic E-state index is -1.99. The predicted molar refractivity (Wildman–Crippen MR) is 443 cm³/mol. The Hall–Kier alpha value is -3.03. The normalized spacial score (nSPS) is 25.6. The maximum atomic E-state index is 13.5. The topological polar surface area (TPSA) is 307 Å². The number of unbranched alkanes of at least 4 members (excludes halogenated alkanes) is 44. The molecular weight excluding hydrogens is 1390 g/mol. The number of rotatable bonds is 72. The summed E-state index contributed by atoms with van der Waals surface area (Å²) < 4.78 is 34.5. The summed E-state index contributed by atoms with van der Waals surface area (Å²) >= 11 is 0. The lowest BCUT2D eigenvalue weighted by atomic mass is 9.96. The highest BCUT2D eigenvalue weighted by molar-refractivity contribution is 5.76. The fourth-order valence-electron chi connectivity index (χ4n) is 14.8. The highest BCUT2D eigenvalue weighted by Crippen LogP contribution is 2.33. The van der Waals surface area contributed by atoms with Crippen LogP contribution in [0.15, 0.2) is 85.1 Å². The van der Waals surface area contributed by atoms with Crippen LogP contribution in [0.1, 0.15) is 354 Å². The number of amides is 1. The third-order valence-corrected chi connectivity index (χ3v) is 21.9. The lowest BCUT2D eigenvalue weighted by molar-refractivity contribution is -0.379. The van der Waals surface area contributed by atoms with Crippen LogP contribution < -0.4 is 5.32 Å². The highest BCUT2D eigenvalue weighted by Gasteiger charge is 2.54. The monoisotopic (exact) mass is 1560 g/mol. The molecule has 0 aromatic carbocycles. The number of aliphatic hydroxyl groups is 11. The number of aliphatic hydroxyl groups excluding tert-OH is 11. The summed E-state index contributed by atoms with van der Waals surface area (Å²) in [5.41, 5.74) is 0. The van der Waals surface area contributed by atoms with E-state index in [0.29, 0.717) is 12.8 Å². The molecular formula is C91H163NO18. The van der Waals surface area contributed by atoms with Crippen LogP contribution in [-0.4, -0.2) is 193 Å². The number of carbonyl (C=O) groups is 1. The van der Waals surface area contributed by atoms with Crippen molar-refractivity contribution in [3.05, 3.63) is 85.1 Å². The van der Waals surface area contributed by atoms with Crippen molar-refractivity contribution < 1.29 is 89.4 Å². The average molecular weight is 1560 g/mol. The van der Waals surface area contributed by atoms with Crippen LogP contribution in [0.3, 0.4) is 0 Å². The van der Waals surface area contributed by atoms with Crippen LogP contribution in [0.5, 0.6) is 0 Å². The molecule has 1 amide bonds. The van der Waals surface area contributed by atoms with Gasteiger partial charge in [-0.1, -0.05) is 349 Å². The smallest absolute Gasteiger partial charge is 0.220 e. The van der Waals surface area contributed by atoms with E-state index in [1.54, 1.807) is 6.08 Å². The van der Waals surface area contributed by atoms with Crippen molar-refractivity contribution in [3.63, 3.8) is 0 Å². The van der Waals surface area contributed by atoms with E-state index in [-0.39, 0.29) is 18.9 Å². The molecule has 19 heteroatoms. The first-order valence-electron chi connectivity index (χ1n) is 44.8. The van der Waals surface area contributed by atoms with Crippen LogP contribution >= 0.6 is 0 Å². The second kappa shape index (κ2) is 70.2. The Morgan fingerprint density at radius 2 is 0.636 bits per heavy atom. The summed E-state index contributed by atoms with van der Waals surface area (Å²) in [6, 6.07) is -1.000. The molecule has 0 saturated carbocycles. The van der Waals surface area contributed by atoms with Crippen LogP contribution in [0.25, 0.3) is 0 Å². The van der Waals surface area contributed by atoms with Crippen molar-refractivity contribution in [2.75, 3.05) is 26.4 Å². The number of allylic oxidation sites excluding steroid dienone is 13. The van der Waals surface area contributed by atoms with Crippen molar-refractivity contribution >= 4 is 5.91 Å². The van der Waals surface area contributed by atoms with Gasteiger partial charge in [0.25, 0.3) is 0 Å². The molecule has 0 aliphatic carbocycles. The van der Waals surface area contributed by atoms with Gasteiger partial charge in [-0.15, -0.1) is 0 Å². The molecule has 3 aliphatic heterocycles. The molecule has 17 unspecified atom stereocenters. The third-order valence-electron chi connectivity index (χ3n) is 21.9. The Labute approximate surface area is 667 Å². The molecule has 12 N–H and O–H groups in total. The van der Waals surface area contributed by atoms with E-state index in [2.05, 4.69) is 92.1 Å². The summed E-state index contributed by atoms with van der Waals surface area (Å²) in [7, 11) is 0. The average Bonchev–Trinajstić information content (AvgIpc) is 0.780. The fourth-order valence-corrected chi connectivity index (χ4v) is 14.8. The zero-order valence-corrected chi connectivity index (χ0v) is 69.0. The number of nitrogens with one attached hydrogen (secondary N) is 1. The Bertz CT molecular complexity index is 2310. The van der Waals surface area contributed by atoms with Gasteiger partial charge in [-0.2, -0.15) is 0 Å². The summed E-state index contributed by atoms with van der Waals surface area (Å²) in [6.07, 6.45) is 68.9. The molecule has 0 aromatic heterocycles. The zero-order chi connectivity index (χ0) is 79.5. The molecule has 110 heavy (non-hydrogen) atoms. The van der Waals surface area contributed by atoms with Gasteiger partial charge in [0.05, 0.1) is 38.6 Å². The molecule has 3 saturated heterocycles. The lowest BCUT2D eigenvalue weighted by Gasteiger charge is -2.48. The van der Waals surface area contributed by atoms with E-state index in [1.165, 1.54) is 250 Å². The number of hydrogen-bond donors (Lipinski definition) is 12. The Morgan fingerprint density at radius 3 is 1.02 bits per heavy atom. The summed E-state index contributed by atoms with van der Waals surface area (Å²) in [5.74, 6) is -0.284. The first-order valence-corrected chi connectivity index (χ1v) is 44.8. The summed E-state index contributed by atoms with van der Waals surface area (Å²) in [5, 5.41) is 121. The van der Waals surface area contributed by atoms with Crippen molar-refractivity contribution in [2.45, 2.75) is 458 Å². The van der Waals surface area contributed by atoms with Gasteiger partial charge in [-0.05, 0) is 83.5 Å². The first-order chi connectivity index (χ1) is 53.8. The van der Waals surface area contributed by atoms with E-state index in [0.717, 1.165) is 70.6 Å². The minimum Gasteiger partial charge on any atom is -0.394 e. The molecule has 19 nitrogen and oxygen atoms in total. The van der Waals surface area contributed by atoms with Crippen LogP contribution in [0.2, 0.25) is 0 Å². The SMILES string of the molecule is CC/C=C\C/C=C\C/C=C\C/C=C\CCCCCCCCCCCCCCCCCCCCCCCCCCCCC(=O)NC(COC1OC(CO)C(OC2OC(CO)C(OC3OC(CO)C(O)C(O)C3O)C(O)C2O)C(O)C1O)C(O)/C=C/CC/C=C/CC/C=C/CCCCCCCCCCCCCCCCCC. The van der Waals surface area contributed by atoms with E-state index in [9.17, 15) is 61.0 Å². The van der Waals surface area contributed by atoms with Crippen molar-refractivity contribution in [1.82, 2.24) is 5.32 Å². The van der Waals surface area contributed by atoms with Gasteiger partial charge in [0, 0.05) is 6.42 Å². The van der Waals surface area contributed by atoms with E-state index < -0.39 is 124 Å². The molecule has 3 heterocycles. The van der Waals surface area contributed by atoms with Gasteiger partial charge < -0.3 is 89.9 Å². The van der Waals surface area contributed by atoms with Crippen molar-refractivity contribution in [2.24, 2.45) is 0 Å². The van der Waals surface area contributed by atoms with E-state index in [1.807, 2.05) is 6.08 Å². The molecule has 3 rings (SSSR count). The van der Waals surface area contributed by atoms with Crippen LogP contribution in [0, 0.1) is 0 Å². The van der Waals surface area contributed by atoms with Gasteiger partial charge in [0.2, 0.25) is 5.91 Å². The van der Waals surface area contributed by atoms with Crippen molar-refractivity contribution in [1.29, 1.82) is 0 Å². The van der Waals surface area contributed by atoms with Gasteiger partial charge in [-0.25, -0.2) is 0 Å². The van der Waals surface area contributed by atoms with Gasteiger partial charge >= 0.3 is 0 Å². The van der Waals surface area contributed by atoms with E-state index in [4.69, 9.17) is 28.4 Å². The van der Waals surface area contributed by atoms with Crippen LogP contribution in [0.4, 0.5) is 0 Å².